The molecule has 1 aliphatic heterocycles. The SMILES string of the molecule is O=C(CSc1nnc(COc2ccccc2Cl)n1C1CC1)N1CCC[C@@H]2CCCC[C@@H]21. The van der Waals surface area contributed by atoms with Gasteiger partial charge in [-0.15, -0.1) is 10.2 Å². The van der Waals surface area contributed by atoms with E-state index >= 15 is 0 Å². The highest BCUT2D eigenvalue weighted by molar-refractivity contribution is 7.99. The fraction of sp³-hybridized carbons (Fsp3) is 0.609. The third-order valence-corrected chi connectivity index (χ3v) is 7.97. The van der Waals surface area contributed by atoms with Crippen molar-refractivity contribution in [2.24, 2.45) is 5.92 Å². The van der Waals surface area contributed by atoms with Crippen molar-refractivity contribution in [3.63, 3.8) is 0 Å². The van der Waals surface area contributed by atoms with Crippen LogP contribution in [0.5, 0.6) is 5.75 Å². The van der Waals surface area contributed by atoms with E-state index in [1.165, 1.54) is 43.9 Å². The molecule has 31 heavy (non-hydrogen) atoms. The molecular weight excluding hydrogens is 432 g/mol. The summed E-state index contributed by atoms with van der Waals surface area (Å²) in [5.74, 6) is 2.83. The lowest BCUT2D eigenvalue weighted by Crippen LogP contribution is -2.50. The second-order valence-electron chi connectivity index (χ2n) is 8.85. The molecular formula is C23H29ClN4O2S. The zero-order valence-electron chi connectivity index (χ0n) is 17.7. The Bertz CT molecular complexity index is 930. The first-order valence-electron chi connectivity index (χ1n) is 11.4. The van der Waals surface area contributed by atoms with E-state index in [4.69, 9.17) is 16.3 Å². The zero-order valence-corrected chi connectivity index (χ0v) is 19.3. The molecule has 5 rings (SSSR count). The zero-order chi connectivity index (χ0) is 21.2. The Labute approximate surface area is 192 Å². The van der Waals surface area contributed by atoms with Gasteiger partial charge in [-0.1, -0.05) is 48.3 Å². The van der Waals surface area contributed by atoms with Gasteiger partial charge in [0.1, 0.15) is 12.4 Å². The number of amides is 1. The van der Waals surface area contributed by atoms with Crippen LogP contribution in [0.25, 0.3) is 0 Å². The average molecular weight is 461 g/mol. The minimum absolute atomic E-state index is 0.251. The van der Waals surface area contributed by atoms with Gasteiger partial charge < -0.3 is 9.64 Å². The first-order valence-corrected chi connectivity index (χ1v) is 12.8. The van der Waals surface area contributed by atoms with E-state index in [0.29, 0.717) is 41.1 Å². The number of carbonyl (C=O) groups excluding carboxylic acids is 1. The molecule has 0 unspecified atom stereocenters. The first kappa shape index (κ1) is 21.1. The summed E-state index contributed by atoms with van der Waals surface area (Å²) in [6, 6.07) is 8.31. The molecule has 2 aliphatic carbocycles. The van der Waals surface area contributed by atoms with Crippen molar-refractivity contribution in [2.75, 3.05) is 12.3 Å². The summed E-state index contributed by atoms with van der Waals surface area (Å²) < 4.78 is 8.06. The number of nitrogens with zero attached hydrogens (tertiary/aromatic N) is 4. The smallest absolute Gasteiger partial charge is 0.233 e. The number of piperidine rings is 1. The quantitative estimate of drug-likeness (QED) is 0.537. The highest BCUT2D eigenvalue weighted by Gasteiger charge is 2.36. The van der Waals surface area contributed by atoms with E-state index in [1.54, 1.807) is 0 Å². The Morgan fingerprint density at radius 2 is 1.90 bits per heavy atom. The minimum atomic E-state index is 0.251. The number of likely N-dealkylation sites (tertiary alicyclic amines) is 1. The van der Waals surface area contributed by atoms with Crippen LogP contribution < -0.4 is 4.74 Å². The van der Waals surface area contributed by atoms with Crippen LogP contribution in [0, 0.1) is 5.92 Å². The molecule has 3 aliphatic rings. The van der Waals surface area contributed by atoms with Crippen molar-refractivity contribution in [3.05, 3.63) is 35.1 Å². The second-order valence-corrected chi connectivity index (χ2v) is 10.2. The molecule has 0 spiro atoms. The standard InChI is InChI=1S/C23H29ClN4O2S/c24-18-8-2-4-10-20(18)30-14-21-25-26-23(28(21)17-11-12-17)31-15-22(29)27-13-5-7-16-6-1-3-9-19(16)27/h2,4,8,10,16-17,19H,1,3,5-7,9,11-15H2/t16-,19-/m0/s1. The van der Waals surface area contributed by atoms with Gasteiger partial charge in [0.2, 0.25) is 5.91 Å². The Kier molecular flexibility index (Phi) is 6.41. The predicted molar refractivity (Wildman–Crippen MR) is 121 cm³/mol. The predicted octanol–water partition coefficient (Wildman–Crippen LogP) is 5.12. The van der Waals surface area contributed by atoms with Crippen molar-refractivity contribution in [3.8, 4) is 5.75 Å². The molecule has 2 aromatic rings. The van der Waals surface area contributed by atoms with Gasteiger partial charge in [0.25, 0.3) is 0 Å². The average Bonchev–Trinajstić information content (AvgIpc) is 3.56. The van der Waals surface area contributed by atoms with Crippen molar-refractivity contribution in [2.45, 2.75) is 75.2 Å². The highest BCUT2D eigenvalue weighted by Crippen LogP contribution is 2.40. The lowest BCUT2D eigenvalue weighted by molar-refractivity contribution is -0.134. The summed E-state index contributed by atoms with van der Waals surface area (Å²) in [6.07, 6.45) is 9.69. The van der Waals surface area contributed by atoms with Crippen LogP contribution in [0.1, 0.15) is 63.2 Å². The number of hydrogen-bond donors (Lipinski definition) is 0. The fourth-order valence-electron chi connectivity index (χ4n) is 5.05. The Morgan fingerprint density at radius 1 is 1.10 bits per heavy atom. The summed E-state index contributed by atoms with van der Waals surface area (Å²) in [7, 11) is 0. The number of carbonyl (C=O) groups is 1. The van der Waals surface area contributed by atoms with Crippen molar-refractivity contribution >= 4 is 29.3 Å². The molecule has 2 atom stereocenters. The normalized spacial score (nSPS) is 23.5. The highest BCUT2D eigenvalue weighted by atomic mass is 35.5. The summed E-state index contributed by atoms with van der Waals surface area (Å²) in [6.45, 7) is 1.23. The van der Waals surface area contributed by atoms with E-state index in [0.717, 1.165) is 36.8 Å². The Balaban J connectivity index is 1.23. The molecule has 0 N–H and O–H groups in total. The van der Waals surface area contributed by atoms with Crippen LogP contribution in [0.2, 0.25) is 5.02 Å². The summed E-state index contributed by atoms with van der Waals surface area (Å²) in [5, 5.41) is 10.2. The molecule has 0 bridgehead atoms. The number of thioether (sulfide) groups is 1. The van der Waals surface area contributed by atoms with Gasteiger partial charge in [0, 0.05) is 18.6 Å². The maximum absolute atomic E-state index is 13.1. The lowest BCUT2D eigenvalue weighted by atomic mass is 9.78. The molecule has 3 fully saturated rings. The van der Waals surface area contributed by atoms with E-state index in [-0.39, 0.29) is 5.91 Å². The number of para-hydroxylation sites is 1. The Morgan fingerprint density at radius 3 is 2.74 bits per heavy atom. The molecule has 166 valence electrons. The van der Waals surface area contributed by atoms with Crippen LogP contribution in [-0.4, -0.2) is 43.9 Å². The number of benzene rings is 1. The van der Waals surface area contributed by atoms with Gasteiger partial charge in [-0.2, -0.15) is 0 Å². The number of ether oxygens (including phenoxy) is 1. The topological polar surface area (TPSA) is 60.2 Å². The lowest BCUT2D eigenvalue weighted by Gasteiger charge is -2.44. The third-order valence-electron chi connectivity index (χ3n) is 6.73. The van der Waals surface area contributed by atoms with Gasteiger partial charge in [0.05, 0.1) is 10.8 Å². The van der Waals surface area contributed by atoms with Crippen molar-refractivity contribution in [1.29, 1.82) is 0 Å². The van der Waals surface area contributed by atoms with Gasteiger partial charge in [-0.25, -0.2) is 0 Å². The van der Waals surface area contributed by atoms with E-state index in [1.807, 2.05) is 24.3 Å². The molecule has 1 amide bonds. The molecule has 0 radical (unpaired) electrons. The molecule has 6 nitrogen and oxygen atoms in total. The number of hydrogen-bond acceptors (Lipinski definition) is 5. The van der Waals surface area contributed by atoms with Gasteiger partial charge in [0.15, 0.2) is 11.0 Å². The van der Waals surface area contributed by atoms with Crippen LogP contribution >= 0.6 is 23.4 Å². The summed E-state index contributed by atoms with van der Waals surface area (Å²) >= 11 is 7.72. The minimum Gasteiger partial charge on any atom is -0.484 e. The third kappa shape index (κ3) is 4.72. The van der Waals surface area contributed by atoms with Crippen molar-refractivity contribution in [1.82, 2.24) is 19.7 Å². The van der Waals surface area contributed by atoms with Crippen LogP contribution in [0.15, 0.2) is 29.4 Å². The van der Waals surface area contributed by atoms with E-state index in [2.05, 4.69) is 19.7 Å². The summed E-state index contributed by atoms with van der Waals surface area (Å²) in [4.78, 5) is 15.3. The number of rotatable bonds is 7. The van der Waals surface area contributed by atoms with Gasteiger partial charge in [-0.05, 0) is 56.6 Å². The fourth-order valence-corrected chi connectivity index (χ4v) is 6.15. The monoisotopic (exact) mass is 460 g/mol. The number of fused-ring (bicyclic) bond motifs is 1. The first-order chi connectivity index (χ1) is 15.2. The molecule has 1 aromatic carbocycles. The Hall–Kier alpha value is -1.73. The molecule has 8 heteroatoms. The van der Waals surface area contributed by atoms with Crippen LogP contribution in [-0.2, 0) is 11.4 Å². The van der Waals surface area contributed by atoms with Gasteiger partial charge in [-0.3, -0.25) is 9.36 Å². The largest absolute Gasteiger partial charge is 0.484 e. The molecule has 1 aromatic heterocycles. The van der Waals surface area contributed by atoms with Crippen LogP contribution in [0.4, 0.5) is 0 Å². The van der Waals surface area contributed by atoms with E-state index in [9.17, 15) is 4.79 Å². The molecule has 1 saturated heterocycles. The number of halogens is 1. The number of aromatic nitrogens is 3. The molecule has 2 heterocycles. The van der Waals surface area contributed by atoms with Crippen LogP contribution in [0.3, 0.4) is 0 Å². The maximum atomic E-state index is 13.1. The maximum Gasteiger partial charge on any atom is 0.233 e. The van der Waals surface area contributed by atoms with E-state index < -0.39 is 0 Å². The summed E-state index contributed by atoms with van der Waals surface area (Å²) in [5.41, 5.74) is 0. The van der Waals surface area contributed by atoms with Crippen molar-refractivity contribution < 1.29 is 9.53 Å². The molecule has 2 saturated carbocycles. The van der Waals surface area contributed by atoms with Gasteiger partial charge >= 0.3 is 0 Å². The second kappa shape index (κ2) is 9.41.